The van der Waals surface area contributed by atoms with Crippen LogP contribution in [0.5, 0.6) is 0 Å². The van der Waals surface area contributed by atoms with E-state index < -0.39 is 4.92 Å². The van der Waals surface area contributed by atoms with Crippen molar-refractivity contribution in [1.29, 1.82) is 0 Å². The summed E-state index contributed by atoms with van der Waals surface area (Å²) in [5, 5.41) is 14.7. The lowest BCUT2D eigenvalue weighted by atomic mass is 9.91. The first-order chi connectivity index (χ1) is 8.15. The summed E-state index contributed by atoms with van der Waals surface area (Å²) in [6, 6.07) is 0. The smallest absolute Gasteiger partial charge is 0.258 e. The van der Waals surface area contributed by atoms with Crippen molar-refractivity contribution in [2.75, 3.05) is 5.88 Å². The zero-order valence-electron chi connectivity index (χ0n) is 8.70. The number of rotatable bonds is 1. The number of nitroso groups, excluding NO2 is 1. The van der Waals surface area contributed by atoms with Gasteiger partial charge in [-0.05, 0) is 35.9 Å². The van der Waals surface area contributed by atoms with Crippen LogP contribution in [0.4, 0.5) is 0 Å². The first-order valence-electron chi connectivity index (χ1n) is 5.09. The maximum absolute atomic E-state index is 11.2. The van der Waals surface area contributed by atoms with Crippen molar-refractivity contribution in [2.45, 2.75) is 6.42 Å². The second-order valence-corrected chi connectivity index (χ2v) is 4.92. The third kappa shape index (κ3) is 1.62. The van der Waals surface area contributed by atoms with Crippen LogP contribution in [0, 0.1) is 20.9 Å². The van der Waals surface area contributed by atoms with Gasteiger partial charge in [-0.15, -0.1) is 0 Å². The molecule has 0 radical (unpaired) electrons. The Morgan fingerprint density at radius 2 is 2.35 bits per heavy atom. The molecule has 3 rings (SSSR count). The van der Waals surface area contributed by atoms with E-state index in [-0.39, 0.29) is 17.5 Å². The van der Waals surface area contributed by atoms with Gasteiger partial charge in [-0.25, -0.2) is 0 Å². The highest BCUT2D eigenvalue weighted by Gasteiger charge is 2.38. The van der Waals surface area contributed by atoms with Gasteiger partial charge in [-0.3, -0.25) is 10.1 Å². The van der Waals surface area contributed by atoms with Crippen LogP contribution in [0.2, 0.25) is 0 Å². The topological polar surface area (TPSA) is 75.6 Å². The second-order valence-electron chi connectivity index (χ2n) is 3.94. The van der Waals surface area contributed by atoms with Gasteiger partial charge < -0.3 is 0 Å². The van der Waals surface area contributed by atoms with Crippen molar-refractivity contribution in [2.24, 2.45) is 11.0 Å². The molecule has 0 aromatic heterocycles. The van der Waals surface area contributed by atoms with Crippen LogP contribution >= 0.6 is 11.8 Å². The molecule has 0 fully saturated rings. The van der Waals surface area contributed by atoms with Crippen molar-refractivity contribution in [3.8, 4) is 0 Å². The molecule has 2 aliphatic carbocycles. The van der Waals surface area contributed by atoms with Crippen molar-refractivity contribution in [3.63, 3.8) is 0 Å². The number of allylic oxidation sites excluding steroid dienone is 5. The minimum absolute atomic E-state index is 0.0120. The van der Waals surface area contributed by atoms with Crippen molar-refractivity contribution >= 4 is 17.5 Å². The van der Waals surface area contributed by atoms with Gasteiger partial charge in [0.15, 0.2) is 4.87 Å². The van der Waals surface area contributed by atoms with Crippen LogP contribution < -0.4 is 0 Å². The van der Waals surface area contributed by atoms with Crippen LogP contribution in [-0.2, 0) is 0 Å². The fraction of sp³-hybridized carbons (Fsp3) is 0.300. The number of nitro groups is 1. The van der Waals surface area contributed by atoms with E-state index in [9.17, 15) is 15.0 Å². The Morgan fingerprint density at radius 1 is 1.53 bits per heavy atom. The summed E-state index contributed by atoms with van der Waals surface area (Å²) in [5.41, 5.74) is 1.76. The molecule has 3 aliphatic rings. The van der Waals surface area contributed by atoms with Gasteiger partial charge in [0.2, 0.25) is 0 Å². The summed E-state index contributed by atoms with van der Waals surface area (Å²) in [6.45, 7) is 0. The Labute approximate surface area is 100 Å². The van der Waals surface area contributed by atoms with Crippen LogP contribution in [0.15, 0.2) is 39.5 Å². The minimum atomic E-state index is -0.390. The zero-order chi connectivity index (χ0) is 12.0. The molecule has 0 spiro atoms. The van der Waals surface area contributed by atoms with Crippen LogP contribution in [0.1, 0.15) is 6.42 Å². The maximum atomic E-state index is 11.2. The molecule has 1 unspecified atom stereocenters. The Morgan fingerprint density at radius 3 is 3.12 bits per heavy atom. The molecule has 86 valence electrons. The molecule has 0 amide bonds. The van der Waals surface area contributed by atoms with Gasteiger partial charge in [-0.1, -0.05) is 0 Å². The van der Waals surface area contributed by atoms with Crippen LogP contribution in [0.3, 0.4) is 0 Å². The average Bonchev–Trinajstić information content (AvgIpc) is 2.66. The number of fused-ring (bicyclic) bond motifs is 3. The van der Waals surface area contributed by atoms with Crippen molar-refractivity contribution in [3.05, 3.63) is 49.4 Å². The average molecular weight is 250 g/mol. The van der Waals surface area contributed by atoms with Crippen LogP contribution in [0.25, 0.3) is 0 Å². The fourth-order valence-electron chi connectivity index (χ4n) is 2.15. The SMILES string of the molecule is O=[N+]1CSC2=CC3=CC([N+](=O)[O-])=CCC3C2=N1. The predicted octanol–water partition coefficient (Wildman–Crippen LogP) is 1.83. The molecular formula is C10H8N3O3S+. The molecular weight excluding hydrogens is 242 g/mol. The van der Waals surface area contributed by atoms with E-state index in [1.54, 1.807) is 12.2 Å². The highest BCUT2D eigenvalue weighted by Crippen LogP contribution is 2.41. The zero-order valence-corrected chi connectivity index (χ0v) is 9.51. The van der Waals surface area contributed by atoms with Gasteiger partial charge in [0.25, 0.3) is 11.6 Å². The molecule has 6 nitrogen and oxygen atoms in total. The highest BCUT2D eigenvalue weighted by atomic mass is 32.2. The van der Waals surface area contributed by atoms with E-state index in [1.165, 1.54) is 11.8 Å². The molecule has 0 aromatic carbocycles. The molecule has 17 heavy (non-hydrogen) atoms. The molecule has 7 heteroatoms. The molecule has 0 aromatic rings. The standard InChI is InChI=1S/C10H8N3O3S/c14-12-5-17-9-4-6-3-7(13(15)16)1-2-8(6)10(9)11-12/h1,3-4,8H,2,5H2/q+1. The molecule has 1 aliphatic heterocycles. The number of hydrazone groups is 1. The second kappa shape index (κ2) is 3.63. The highest BCUT2D eigenvalue weighted by molar-refractivity contribution is 8.03. The molecule has 0 bridgehead atoms. The van der Waals surface area contributed by atoms with Crippen molar-refractivity contribution < 1.29 is 9.79 Å². The number of thioether (sulfide) groups is 1. The molecule has 0 saturated carbocycles. The first-order valence-corrected chi connectivity index (χ1v) is 6.08. The monoisotopic (exact) mass is 250 g/mol. The van der Waals surface area contributed by atoms with Gasteiger partial charge >= 0.3 is 0 Å². The van der Waals surface area contributed by atoms with Crippen molar-refractivity contribution in [1.82, 2.24) is 0 Å². The predicted molar refractivity (Wildman–Crippen MR) is 62.9 cm³/mol. The third-order valence-electron chi connectivity index (χ3n) is 2.92. The quantitative estimate of drug-likeness (QED) is 0.404. The number of nitrogens with zero attached hydrogens (tertiary/aromatic N) is 3. The van der Waals surface area contributed by atoms with Gasteiger partial charge in [0.05, 0.1) is 9.83 Å². The van der Waals surface area contributed by atoms with Gasteiger partial charge in [-0.2, -0.15) is 0 Å². The Kier molecular flexibility index (Phi) is 2.22. The summed E-state index contributed by atoms with van der Waals surface area (Å²) >= 11 is 1.43. The maximum Gasteiger partial charge on any atom is 0.278 e. The summed E-state index contributed by atoms with van der Waals surface area (Å²) in [7, 11) is 0. The molecule has 0 saturated heterocycles. The van der Waals surface area contributed by atoms with E-state index in [4.69, 9.17) is 0 Å². The lowest BCUT2D eigenvalue weighted by Gasteiger charge is -2.14. The van der Waals surface area contributed by atoms with Crippen LogP contribution in [-0.4, -0.2) is 21.4 Å². The minimum Gasteiger partial charge on any atom is -0.258 e. The Balaban J connectivity index is 2.01. The third-order valence-corrected chi connectivity index (χ3v) is 3.91. The van der Waals surface area contributed by atoms with Gasteiger partial charge in [0, 0.05) is 22.0 Å². The summed E-state index contributed by atoms with van der Waals surface area (Å²) in [4.78, 5) is 23.1. The van der Waals surface area contributed by atoms with Gasteiger partial charge in [0.1, 0.15) is 5.71 Å². The number of hydrogen-bond acceptors (Lipinski definition) is 4. The summed E-state index contributed by atoms with van der Waals surface area (Å²) in [6.07, 6.45) is 5.59. The first kappa shape index (κ1) is 10.4. The summed E-state index contributed by atoms with van der Waals surface area (Å²) < 4.78 is 0. The Bertz CT molecular complexity index is 559. The fourth-order valence-corrected chi connectivity index (χ4v) is 3.01. The normalized spacial score (nSPS) is 26.4. The largest absolute Gasteiger partial charge is 0.278 e. The lowest BCUT2D eigenvalue weighted by Crippen LogP contribution is -2.20. The molecule has 1 heterocycles. The molecule has 1 atom stereocenters. The molecule has 0 N–H and O–H groups in total. The van der Waals surface area contributed by atoms with E-state index in [1.807, 2.05) is 6.08 Å². The lowest BCUT2D eigenvalue weighted by molar-refractivity contribution is -0.534. The summed E-state index contributed by atoms with van der Waals surface area (Å²) in [5.74, 6) is 0.295. The van der Waals surface area contributed by atoms with E-state index in [0.29, 0.717) is 11.3 Å². The van der Waals surface area contributed by atoms with E-state index in [0.717, 1.165) is 16.2 Å². The Hall–Kier alpha value is -1.76. The van der Waals surface area contributed by atoms with E-state index in [2.05, 4.69) is 5.10 Å². The van der Waals surface area contributed by atoms with E-state index >= 15 is 0 Å². The number of hydrogen-bond donors (Lipinski definition) is 0.